The Labute approximate surface area is 92.3 Å². The summed E-state index contributed by atoms with van der Waals surface area (Å²) < 4.78 is 2.00. The Hall–Kier alpha value is -1.35. The average Bonchev–Trinajstić information content (AvgIpc) is 2.55. The fourth-order valence-electron chi connectivity index (χ4n) is 2.24. The van der Waals surface area contributed by atoms with Crippen LogP contribution in [0.5, 0.6) is 0 Å². The van der Waals surface area contributed by atoms with Crippen LogP contribution < -0.4 is 4.80 Å². The summed E-state index contributed by atoms with van der Waals surface area (Å²) in [7, 11) is 1.99. The highest BCUT2D eigenvalue weighted by Gasteiger charge is 2.19. The van der Waals surface area contributed by atoms with Gasteiger partial charge < -0.3 is 4.57 Å². The molecule has 0 spiro atoms. The molecule has 0 aliphatic heterocycles. The number of aryl methyl sites for hydroxylation is 2. The number of aromatic nitrogens is 1. The Morgan fingerprint density at radius 3 is 2.93 bits per heavy atom. The van der Waals surface area contributed by atoms with Gasteiger partial charge in [-0.2, -0.15) is 0 Å². The van der Waals surface area contributed by atoms with E-state index in [1.165, 1.54) is 21.7 Å². The highest BCUT2D eigenvalue weighted by molar-refractivity contribution is 7.09. The van der Waals surface area contributed by atoms with Gasteiger partial charge in [0.25, 0.3) is 0 Å². The van der Waals surface area contributed by atoms with Crippen molar-refractivity contribution in [2.24, 2.45) is 7.05 Å². The van der Waals surface area contributed by atoms with Crippen LogP contribution in [-0.2, 0) is 19.9 Å². The van der Waals surface area contributed by atoms with Crippen LogP contribution >= 0.6 is 11.3 Å². The molecule has 1 aliphatic rings. The lowest BCUT2D eigenvalue weighted by Gasteiger charge is -2.16. The second-order valence-corrected chi connectivity index (χ2v) is 4.98. The maximum Gasteiger partial charge on any atom is 0.182 e. The van der Waals surface area contributed by atoms with Crippen molar-refractivity contribution in [3.63, 3.8) is 0 Å². The first-order valence-electron chi connectivity index (χ1n) is 5.09. The molecule has 1 heterocycles. The summed E-state index contributed by atoms with van der Waals surface area (Å²) >= 11 is 1.61. The molecular weight excluding hydrogens is 204 g/mol. The van der Waals surface area contributed by atoms with E-state index in [1.54, 1.807) is 11.3 Å². The lowest BCUT2D eigenvalue weighted by atomic mass is 9.93. The van der Waals surface area contributed by atoms with E-state index in [0.29, 0.717) is 4.80 Å². The van der Waals surface area contributed by atoms with Gasteiger partial charge in [0, 0.05) is 17.5 Å². The quantitative estimate of drug-likeness (QED) is 0.700. The van der Waals surface area contributed by atoms with Crippen molar-refractivity contribution in [1.29, 1.82) is 5.41 Å². The average molecular weight is 216 g/mol. The number of hydrogen-bond donors (Lipinski definition) is 1. The summed E-state index contributed by atoms with van der Waals surface area (Å²) in [4.78, 5) is 2.01. The molecule has 1 aromatic heterocycles. The van der Waals surface area contributed by atoms with E-state index < -0.39 is 0 Å². The minimum atomic E-state index is 0.650. The van der Waals surface area contributed by atoms with Crippen LogP contribution in [0.25, 0.3) is 11.3 Å². The van der Waals surface area contributed by atoms with Gasteiger partial charge in [-0.25, -0.2) is 0 Å². The summed E-state index contributed by atoms with van der Waals surface area (Å²) in [6.07, 6.45) is 2.20. The first kappa shape index (κ1) is 8.92. The van der Waals surface area contributed by atoms with Crippen molar-refractivity contribution in [2.45, 2.75) is 12.8 Å². The zero-order chi connectivity index (χ0) is 10.4. The molecule has 2 nitrogen and oxygen atoms in total. The van der Waals surface area contributed by atoms with E-state index in [2.05, 4.69) is 24.3 Å². The third kappa shape index (κ3) is 1.20. The Morgan fingerprint density at radius 1 is 1.27 bits per heavy atom. The molecule has 0 fully saturated rings. The first-order valence-corrected chi connectivity index (χ1v) is 5.90. The third-order valence-electron chi connectivity index (χ3n) is 3.02. The topological polar surface area (TPSA) is 28.8 Å². The molecule has 76 valence electrons. The van der Waals surface area contributed by atoms with Crippen LogP contribution in [0.3, 0.4) is 0 Å². The van der Waals surface area contributed by atoms with Gasteiger partial charge in [0.05, 0.1) is 5.69 Å². The lowest BCUT2D eigenvalue weighted by molar-refractivity contribution is 0.841. The Bertz CT molecular complexity index is 578. The van der Waals surface area contributed by atoms with Gasteiger partial charge in [0.1, 0.15) is 0 Å². The standard InChI is InChI=1S/C12H12N2S/c1-14-11-9-5-3-2-4-8(9)6-7-10(11)15-12(14)13/h2-5,13H,6-7H2,1H3. The highest BCUT2D eigenvalue weighted by Crippen LogP contribution is 2.33. The molecule has 0 bridgehead atoms. The van der Waals surface area contributed by atoms with Gasteiger partial charge in [-0.3, -0.25) is 5.41 Å². The molecular formula is C12H12N2S. The minimum absolute atomic E-state index is 0.650. The van der Waals surface area contributed by atoms with Crippen LogP contribution in [0, 0.1) is 5.41 Å². The number of nitrogens with zero attached hydrogens (tertiary/aromatic N) is 1. The zero-order valence-electron chi connectivity index (χ0n) is 8.58. The highest BCUT2D eigenvalue weighted by atomic mass is 32.1. The smallest absolute Gasteiger partial charge is 0.182 e. The number of fused-ring (bicyclic) bond motifs is 3. The summed E-state index contributed by atoms with van der Waals surface area (Å²) in [5, 5.41) is 7.84. The van der Waals surface area contributed by atoms with Crippen LogP contribution in [0.4, 0.5) is 0 Å². The molecule has 1 N–H and O–H groups in total. The summed E-state index contributed by atoms with van der Waals surface area (Å²) in [6.45, 7) is 0. The number of rotatable bonds is 0. The van der Waals surface area contributed by atoms with E-state index in [-0.39, 0.29) is 0 Å². The number of nitrogens with one attached hydrogen (secondary N) is 1. The van der Waals surface area contributed by atoms with Gasteiger partial charge >= 0.3 is 0 Å². The SMILES string of the molecule is Cn1c2c(sc1=N)CCc1ccccc1-2. The van der Waals surface area contributed by atoms with Crippen molar-refractivity contribution in [3.05, 3.63) is 39.5 Å². The number of thiazole rings is 1. The van der Waals surface area contributed by atoms with Gasteiger partial charge in [-0.15, -0.1) is 11.3 Å². The normalized spacial score (nSPS) is 13.4. The molecule has 2 aromatic rings. The minimum Gasteiger partial charge on any atom is -0.320 e. The largest absolute Gasteiger partial charge is 0.320 e. The van der Waals surface area contributed by atoms with E-state index >= 15 is 0 Å². The molecule has 0 unspecified atom stereocenters. The van der Waals surface area contributed by atoms with Gasteiger partial charge in [-0.05, 0) is 18.4 Å². The second kappa shape index (κ2) is 3.07. The van der Waals surface area contributed by atoms with Crippen molar-refractivity contribution in [1.82, 2.24) is 4.57 Å². The molecule has 0 saturated heterocycles. The van der Waals surface area contributed by atoms with Gasteiger partial charge in [0.2, 0.25) is 0 Å². The first-order chi connectivity index (χ1) is 7.27. The monoisotopic (exact) mass is 216 g/mol. The maximum atomic E-state index is 7.84. The lowest BCUT2D eigenvalue weighted by Crippen LogP contribution is -2.11. The molecule has 1 aromatic carbocycles. The second-order valence-electron chi connectivity index (χ2n) is 3.90. The van der Waals surface area contributed by atoms with E-state index in [9.17, 15) is 0 Å². The van der Waals surface area contributed by atoms with Gasteiger partial charge in [0.15, 0.2) is 4.80 Å². The van der Waals surface area contributed by atoms with E-state index in [4.69, 9.17) is 5.41 Å². The van der Waals surface area contributed by atoms with E-state index in [1.807, 2.05) is 11.6 Å². The van der Waals surface area contributed by atoms with Crippen LogP contribution in [-0.4, -0.2) is 4.57 Å². The predicted molar refractivity (Wildman–Crippen MR) is 62.0 cm³/mol. The summed E-state index contributed by atoms with van der Waals surface area (Å²) in [5.41, 5.74) is 3.99. The molecule has 0 atom stereocenters. The Morgan fingerprint density at radius 2 is 2.07 bits per heavy atom. The summed E-state index contributed by atoms with van der Waals surface area (Å²) in [5.74, 6) is 0. The zero-order valence-corrected chi connectivity index (χ0v) is 9.40. The van der Waals surface area contributed by atoms with Crippen LogP contribution in [0.2, 0.25) is 0 Å². The molecule has 3 rings (SSSR count). The number of benzene rings is 1. The number of hydrogen-bond acceptors (Lipinski definition) is 2. The molecule has 0 amide bonds. The molecule has 3 heteroatoms. The van der Waals surface area contributed by atoms with Crippen molar-refractivity contribution >= 4 is 11.3 Å². The predicted octanol–water partition coefficient (Wildman–Crippen LogP) is 2.33. The molecule has 0 saturated carbocycles. The fourth-order valence-corrected chi connectivity index (χ4v) is 3.25. The van der Waals surface area contributed by atoms with Crippen molar-refractivity contribution in [2.75, 3.05) is 0 Å². The Kier molecular flexibility index (Phi) is 1.83. The van der Waals surface area contributed by atoms with E-state index in [0.717, 1.165) is 12.8 Å². The van der Waals surface area contributed by atoms with Crippen LogP contribution in [0.1, 0.15) is 10.4 Å². The Balaban J connectivity index is 2.38. The fraction of sp³-hybridized carbons (Fsp3) is 0.250. The third-order valence-corrected chi connectivity index (χ3v) is 4.13. The van der Waals surface area contributed by atoms with Crippen molar-refractivity contribution in [3.8, 4) is 11.3 Å². The van der Waals surface area contributed by atoms with Crippen molar-refractivity contribution < 1.29 is 0 Å². The van der Waals surface area contributed by atoms with Crippen LogP contribution in [0.15, 0.2) is 24.3 Å². The summed E-state index contributed by atoms with van der Waals surface area (Å²) in [6, 6.07) is 8.53. The molecule has 0 radical (unpaired) electrons. The van der Waals surface area contributed by atoms with Gasteiger partial charge in [-0.1, -0.05) is 24.3 Å². The maximum absolute atomic E-state index is 7.84. The molecule has 15 heavy (non-hydrogen) atoms. The molecule has 1 aliphatic carbocycles.